The van der Waals surface area contributed by atoms with Crippen molar-refractivity contribution in [2.45, 2.75) is 33.2 Å². The largest absolute Gasteiger partial charge is 0.490 e. The minimum Gasteiger partial charge on any atom is -0.490 e. The summed E-state index contributed by atoms with van der Waals surface area (Å²) in [5.41, 5.74) is 0.900. The molecule has 0 aromatic heterocycles. The Balaban J connectivity index is 2.97. The fourth-order valence-electron chi connectivity index (χ4n) is 1.75. The summed E-state index contributed by atoms with van der Waals surface area (Å²) in [6.45, 7) is 7.95. The van der Waals surface area contributed by atoms with Crippen molar-refractivity contribution >= 4 is 0 Å². The molecule has 0 aliphatic carbocycles. The molecule has 1 atom stereocenters. The van der Waals surface area contributed by atoms with Crippen LogP contribution in [0.2, 0.25) is 0 Å². The van der Waals surface area contributed by atoms with Crippen LogP contribution in [0.1, 0.15) is 38.8 Å². The molecule has 0 heterocycles. The third-order valence-electron chi connectivity index (χ3n) is 2.60. The van der Waals surface area contributed by atoms with Crippen LogP contribution in [0, 0.1) is 11.3 Å². The molecule has 1 rings (SSSR count). The van der Waals surface area contributed by atoms with Gasteiger partial charge < -0.3 is 9.47 Å². The lowest BCUT2D eigenvalue weighted by molar-refractivity contribution is 0.276. The van der Waals surface area contributed by atoms with E-state index in [9.17, 15) is 0 Å². The van der Waals surface area contributed by atoms with E-state index >= 15 is 0 Å². The Labute approximate surface area is 115 Å². The predicted octanol–water partition coefficient (Wildman–Crippen LogP) is 3.05. The lowest BCUT2D eigenvalue weighted by atomic mass is 10.1. The van der Waals surface area contributed by atoms with Crippen LogP contribution in [0.3, 0.4) is 0 Å². The number of rotatable bonds is 8. The second-order valence-corrected chi connectivity index (χ2v) is 4.11. The number of hydrogen-bond acceptors (Lipinski definition) is 4. The summed E-state index contributed by atoms with van der Waals surface area (Å²) >= 11 is 0. The SMILES string of the molecule is CCCOc1ccc(C(C#N)NCC)cc1OCC. The molecule has 1 aromatic carbocycles. The maximum Gasteiger partial charge on any atom is 0.161 e. The molecule has 0 saturated heterocycles. The Morgan fingerprint density at radius 3 is 2.58 bits per heavy atom. The maximum absolute atomic E-state index is 9.16. The van der Waals surface area contributed by atoms with Gasteiger partial charge in [-0.15, -0.1) is 0 Å². The van der Waals surface area contributed by atoms with Crippen LogP contribution in [0.25, 0.3) is 0 Å². The number of nitrogens with zero attached hydrogens (tertiary/aromatic N) is 1. The molecule has 0 aliphatic heterocycles. The first-order chi connectivity index (χ1) is 9.26. The molecule has 0 fully saturated rings. The highest BCUT2D eigenvalue weighted by molar-refractivity contribution is 5.45. The average molecular weight is 262 g/mol. The third-order valence-corrected chi connectivity index (χ3v) is 2.60. The van der Waals surface area contributed by atoms with E-state index in [4.69, 9.17) is 14.7 Å². The monoisotopic (exact) mass is 262 g/mol. The molecule has 0 aliphatic rings. The molecule has 19 heavy (non-hydrogen) atoms. The zero-order valence-electron chi connectivity index (χ0n) is 11.9. The van der Waals surface area contributed by atoms with Crippen molar-refractivity contribution in [3.05, 3.63) is 23.8 Å². The quantitative estimate of drug-likeness (QED) is 0.782. The summed E-state index contributed by atoms with van der Waals surface area (Å²) < 4.78 is 11.2. The molecule has 4 heteroatoms. The van der Waals surface area contributed by atoms with Crippen molar-refractivity contribution in [3.8, 4) is 17.6 Å². The normalized spacial score (nSPS) is 11.7. The van der Waals surface area contributed by atoms with Crippen LogP contribution in [-0.4, -0.2) is 19.8 Å². The molecular weight excluding hydrogens is 240 g/mol. The van der Waals surface area contributed by atoms with Crippen molar-refractivity contribution < 1.29 is 9.47 Å². The van der Waals surface area contributed by atoms with Gasteiger partial charge in [-0.05, 0) is 37.6 Å². The van der Waals surface area contributed by atoms with E-state index in [-0.39, 0.29) is 6.04 Å². The van der Waals surface area contributed by atoms with Gasteiger partial charge in [-0.3, -0.25) is 5.32 Å². The lowest BCUT2D eigenvalue weighted by Crippen LogP contribution is -2.19. The molecule has 0 amide bonds. The first-order valence-corrected chi connectivity index (χ1v) is 6.79. The summed E-state index contributed by atoms with van der Waals surface area (Å²) in [7, 11) is 0. The van der Waals surface area contributed by atoms with Gasteiger partial charge in [-0.1, -0.05) is 19.9 Å². The van der Waals surface area contributed by atoms with Crippen molar-refractivity contribution in [2.75, 3.05) is 19.8 Å². The zero-order chi connectivity index (χ0) is 14.1. The summed E-state index contributed by atoms with van der Waals surface area (Å²) in [6.07, 6.45) is 0.950. The van der Waals surface area contributed by atoms with E-state index < -0.39 is 0 Å². The van der Waals surface area contributed by atoms with Crippen molar-refractivity contribution in [3.63, 3.8) is 0 Å². The predicted molar refractivity (Wildman–Crippen MR) is 75.4 cm³/mol. The maximum atomic E-state index is 9.16. The topological polar surface area (TPSA) is 54.3 Å². The number of hydrogen-bond donors (Lipinski definition) is 1. The lowest BCUT2D eigenvalue weighted by Gasteiger charge is -2.15. The molecule has 104 valence electrons. The van der Waals surface area contributed by atoms with Gasteiger partial charge in [0.05, 0.1) is 19.3 Å². The van der Waals surface area contributed by atoms with E-state index in [0.717, 1.165) is 24.3 Å². The van der Waals surface area contributed by atoms with E-state index in [1.54, 1.807) is 0 Å². The highest BCUT2D eigenvalue weighted by Gasteiger charge is 2.13. The third kappa shape index (κ3) is 4.46. The smallest absolute Gasteiger partial charge is 0.161 e. The van der Waals surface area contributed by atoms with Gasteiger partial charge in [0.1, 0.15) is 6.04 Å². The van der Waals surface area contributed by atoms with Gasteiger partial charge in [0, 0.05) is 0 Å². The van der Waals surface area contributed by atoms with E-state index in [1.807, 2.05) is 32.0 Å². The molecule has 0 spiro atoms. The Bertz CT molecular complexity index is 427. The number of nitriles is 1. The minimum absolute atomic E-state index is 0.315. The highest BCUT2D eigenvalue weighted by Crippen LogP contribution is 2.30. The van der Waals surface area contributed by atoms with Crippen LogP contribution in [0.4, 0.5) is 0 Å². The second-order valence-electron chi connectivity index (χ2n) is 4.11. The van der Waals surface area contributed by atoms with E-state index in [2.05, 4.69) is 18.3 Å². The standard InChI is InChI=1S/C15H22N2O2/c1-4-9-19-14-8-7-12(10-15(14)18-6-3)13(11-16)17-5-2/h7-8,10,13,17H,4-6,9H2,1-3H3. The van der Waals surface area contributed by atoms with E-state index in [0.29, 0.717) is 19.0 Å². The summed E-state index contributed by atoms with van der Waals surface area (Å²) in [4.78, 5) is 0. The zero-order valence-corrected chi connectivity index (χ0v) is 11.9. The number of nitrogens with one attached hydrogen (secondary N) is 1. The molecule has 1 unspecified atom stereocenters. The van der Waals surface area contributed by atoms with Gasteiger partial charge in [0.2, 0.25) is 0 Å². The number of benzene rings is 1. The Morgan fingerprint density at radius 2 is 2.00 bits per heavy atom. The van der Waals surface area contributed by atoms with Crippen molar-refractivity contribution in [1.29, 1.82) is 5.26 Å². The minimum atomic E-state index is -0.315. The van der Waals surface area contributed by atoms with Crippen LogP contribution in [-0.2, 0) is 0 Å². The van der Waals surface area contributed by atoms with Gasteiger partial charge in [0.25, 0.3) is 0 Å². The van der Waals surface area contributed by atoms with Gasteiger partial charge in [0.15, 0.2) is 11.5 Å². The first-order valence-electron chi connectivity index (χ1n) is 6.79. The molecular formula is C15H22N2O2. The molecule has 0 radical (unpaired) electrons. The van der Waals surface area contributed by atoms with Crippen LogP contribution >= 0.6 is 0 Å². The highest BCUT2D eigenvalue weighted by atomic mass is 16.5. The van der Waals surface area contributed by atoms with Crippen LogP contribution < -0.4 is 14.8 Å². The molecule has 0 saturated carbocycles. The molecule has 1 aromatic rings. The summed E-state index contributed by atoms with van der Waals surface area (Å²) in [5, 5.41) is 12.3. The summed E-state index contributed by atoms with van der Waals surface area (Å²) in [5.74, 6) is 1.44. The van der Waals surface area contributed by atoms with Crippen molar-refractivity contribution in [1.82, 2.24) is 5.32 Å². The van der Waals surface area contributed by atoms with Gasteiger partial charge in [-0.2, -0.15) is 5.26 Å². The van der Waals surface area contributed by atoms with Gasteiger partial charge >= 0.3 is 0 Å². The fraction of sp³-hybridized carbons (Fsp3) is 0.533. The average Bonchev–Trinajstić information content (AvgIpc) is 2.43. The van der Waals surface area contributed by atoms with Gasteiger partial charge in [-0.25, -0.2) is 0 Å². The van der Waals surface area contributed by atoms with Crippen LogP contribution in [0.15, 0.2) is 18.2 Å². The fourth-order valence-corrected chi connectivity index (χ4v) is 1.75. The van der Waals surface area contributed by atoms with E-state index in [1.165, 1.54) is 0 Å². The summed E-state index contributed by atoms with van der Waals surface area (Å²) in [6, 6.07) is 7.59. The second kappa shape index (κ2) is 8.39. The first kappa shape index (κ1) is 15.3. The Morgan fingerprint density at radius 1 is 1.21 bits per heavy atom. The van der Waals surface area contributed by atoms with Crippen molar-refractivity contribution in [2.24, 2.45) is 0 Å². The molecule has 4 nitrogen and oxygen atoms in total. The van der Waals surface area contributed by atoms with Crippen LogP contribution in [0.5, 0.6) is 11.5 Å². The Kier molecular flexibility index (Phi) is 6.76. The molecule has 0 bridgehead atoms. The molecule has 1 N–H and O–H groups in total. The number of ether oxygens (including phenoxy) is 2. The Hall–Kier alpha value is -1.73.